The average Bonchev–Trinajstić information content (AvgIpc) is 2.97. The second kappa shape index (κ2) is 29.4. The molecule has 3 atom stereocenters. The molecular weight excluding hydrogens is 573 g/mol. The SMILES string of the molecule is CCCCC/C=C\CCCCCCCC(=O)OC(COCCCCCCCCCCC)COP(=O)(O)OCC(N)C(=O)O. The van der Waals surface area contributed by atoms with Crippen molar-refractivity contribution in [3.05, 3.63) is 12.2 Å². The third-order valence-corrected chi connectivity index (χ3v) is 8.00. The van der Waals surface area contributed by atoms with Gasteiger partial charge in [-0.05, 0) is 38.5 Å². The summed E-state index contributed by atoms with van der Waals surface area (Å²) in [7, 11) is -4.60. The fraction of sp³-hybridized carbons (Fsp3) is 0.875. The molecule has 0 bridgehead atoms. The fourth-order valence-corrected chi connectivity index (χ4v) is 5.14. The van der Waals surface area contributed by atoms with E-state index in [9.17, 15) is 19.0 Å². The van der Waals surface area contributed by atoms with Crippen molar-refractivity contribution in [1.82, 2.24) is 0 Å². The molecule has 4 N–H and O–H groups in total. The topological polar surface area (TPSA) is 155 Å². The minimum atomic E-state index is -4.60. The van der Waals surface area contributed by atoms with E-state index in [1.807, 2.05) is 0 Å². The molecule has 10 nitrogen and oxygen atoms in total. The normalized spacial score (nSPS) is 14.5. The maximum absolute atomic E-state index is 12.5. The van der Waals surface area contributed by atoms with Crippen molar-refractivity contribution in [1.29, 1.82) is 0 Å². The number of phosphoric ester groups is 1. The van der Waals surface area contributed by atoms with Crippen LogP contribution in [0.1, 0.15) is 142 Å². The summed E-state index contributed by atoms with van der Waals surface area (Å²) < 4.78 is 33.0. The lowest BCUT2D eigenvalue weighted by Crippen LogP contribution is -2.34. The molecule has 0 spiro atoms. The van der Waals surface area contributed by atoms with Crippen molar-refractivity contribution in [2.24, 2.45) is 5.73 Å². The summed E-state index contributed by atoms with van der Waals surface area (Å²) in [5, 5.41) is 8.82. The van der Waals surface area contributed by atoms with Crippen LogP contribution in [0.25, 0.3) is 0 Å². The molecule has 0 radical (unpaired) electrons. The monoisotopic (exact) mass is 635 g/mol. The van der Waals surface area contributed by atoms with E-state index in [2.05, 4.69) is 30.5 Å². The largest absolute Gasteiger partial charge is 0.480 e. The van der Waals surface area contributed by atoms with E-state index in [-0.39, 0.29) is 13.0 Å². The second-order valence-corrected chi connectivity index (χ2v) is 12.7. The molecule has 11 heteroatoms. The van der Waals surface area contributed by atoms with Crippen molar-refractivity contribution in [3.8, 4) is 0 Å². The van der Waals surface area contributed by atoms with Crippen molar-refractivity contribution in [2.75, 3.05) is 26.4 Å². The zero-order valence-electron chi connectivity index (χ0n) is 27.1. The number of hydrogen-bond donors (Lipinski definition) is 3. The van der Waals surface area contributed by atoms with Crippen LogP contribution >= 0.6 is 7.82 Å². The van der Waals surface area contributed by atoms with Gasteiger partial charge in [-0.1, -0.05) is 109 Å². The highest BCUT2D eigenvalue weighted by atomic mass is 31.2. The third-order valence-electron chi connectivity index (χ3n) is 7.04. The number of phosphoric acid groups is 1. The van der Waals surface area contributed by atoms with Crippen LogP contribution in [-0.2, 0) is 32.7 Å². The van der Waals surface area contributed by atoms with Crippen LogP contribution in [0.15, 0.2) is 12.2 Å². The summed E-state index contributed by atoms with van der Waals surface area (Å²) in [6.45, 7) is 3.80. The van der Waals surface area contributed by atoms with Gasteiger partial charge in [-0.25, -0.2) is 4.57 Å². The van der Waals surface area contributed by atoms with Gasteiger partial charge in [-0.15, -0.1) is 0 Å². The molecule has 0 amide bonds. The standard InChI is InChI=1S/C32H62NO9P/c1-3-5-7-9-11-13-14-15-16-18-20-22-24-31(34)42-29(27-40-43(37,38)41-28-30(33)32(35)36)26-39-25-23-21-19-17-12-10-8-6-4-2/h11,13,29-30H,3-10,12,14-28,33H2,1-2H3,(H,35,36)(H,37,38)/b13-11-. The van der Waals surface area contributed by atoms with E-state index in [1.165, 1.54) is 57.8 Å². The number of esters is 1. The zero-order valence-corrected chi connectivity index (χ0v) is 28.0. The number of carboxylic acids is 1. The lowest BCUT2D eigenvalue weighted by molar-refractivity contribution is -0.154. The second-order valence-electron chi connectivity index (χ2n) is 11.3. The minimum absolute atomic E-state index is 0.0172. The third kappa shape index (κ3) is 29.2. The highest BCUT2D eigenvalue weighted by Crippen LogP contribution is 2.43. The molecule has 0 aromatic carbocycles. The smallest absolute Gasteiger partial charge is 0.472 e. The van der Waals surface area contributed by atoms with E-state index in [1.54, 1.807) is 0 Å². The predicted octanol–water partition coefficient (Wildman–Crippen LogP) is 7.86. The molecule has 0 aromatic heterocycles. The number of ether oxygens (including phenoxy) is 2. The average molecular weight is 636 g/mol. The van der Waals surface area contributed by atoms with Crippen LogP contribution in [0.2, 0.25) is 0 Å². The number of hydrogen-bond acceptors (Lipinski definition) is 8. The van der Waals surface area contributed by atoms with Gasteiger partial charge in [0.25, 0.3) is 0 Å². The van der Waals surface area contributed by atoms with Crippen LogP contribution in [0.3, 0.4) is 0 Å². The molecule has 43 heavy (non-hydrogen) atoms. The number of carbonyl (C=O) groups excluding carboxylic acids is 1. The van der Waals surface area contributed by atoms with Crippen molar-refractivity contribution in [3.63, 3.8) is 0 Å². The Morgan fingerprint density at radius 3 is 1.81 bits per heavy atom. The van der Waals surface area contributed by atoms with Gasteiger partial charge >= 0.3 is 19.8 Å². The summed E-state index contributed by atoms with van der Waals surface area (Å²) in [6.07, 6.45) is 25.6. The first-order chi connectivity index (χ1) is 20.7. The van der Waals surface area contributed by atoms with E-state index >= 15 is 0 Å². The predicted molar refractivity (Wildman–Crippen MR) is 171 cm³/mol. The summed E-state index contributed by atoms with van der Waals surface area (Å²) in [6, 6.07) is -1.47. The van der Waals surface area contributed by atoms with Crippen LogP contribution < -0.4 is 5.73 Å². The Kier molecular flexibility index (Phi) is 28.5. The van der Waals surface area contributed by atoms with Crippen LogP contribution in [0.5, 0.6) is 0 Å². The maximum atomic E-state index is 12.5. The molecule has 0 aliphatic carbocycles. The Balaban J connectivity index is 4.38. The number of unbranched alkanes of at least 4 members (excludes halogenated alkanes) is 16. The molecule has 0 saturated heterocycles. The molecule has 0 rings (SSSR count). The fourth-order valence-electron chi connectivity index (χ4n) is 4.36. The maximum Gasteiger partial charge on any atom is 0.472 e. The molecule has 0 aliphatic rings. The Labute approximate surface area is 261 Å². The van der Waals surface area contributed by atoms with Crippen LogP contribution in [-0.4, -0.2) is 60.5 Å². The van der Waals surface area contributed by atoms with Gasteiger partial charge in [0.1, 0.15) is 12.1 Å². The summed E-state index contributed by atoms with van der Waals surface area (Å²) in [5.41, 5.74) is 5.31. The van der Waals surface area contributed by atoms with Gasteiger partial charge in [0.05, 0.1) is 19.8 Å². The highest BCUT2D eigenvalue weighted by molar-refractivity contribution is 7.47. The first-order valence-electron chi connectivity index (χ1n) is 16.7. The number of allylic oxidation sites excluding steroid dienone is 2. The molecule has 0 saturated carbocycles. The first-order valence-corrected chi connectivity index (χ1v) is 18.2. The quantitative estimate of drug-likeness (QED) is 0.0288. The molecule has 0 aromatic rings. The lowest BCUT2D eigenvalue weighted by atomic mass is 10.1. The molecule has 3 unspecified atom stereocenters. The number of carboxylic acid groups (broad SMARTS) is 1. The molecule has 0 aliphatic heterocycles. The summed E-state index contributed by atoms with van der Waals surface area (Å²) in [5.74, 6) is -1.79. The first kappa shape index (κ1) is 41.7. The van der Waals surface area contributed by atoms with Crippen LogP contribution in [0, 0.1) is 0 Å². The molecule has 0 heterocycles. The minimum Gasteiger partial charge on any atom is -0.480 e. The Morgan fingerprint density at radius 1 is 0.721 bits per heavy atom. The van der Waals surface area contributed by atoms with Gasteiger partial charge in [0.2, 0.25) is 0 Å². The van der Waals surface area contributed by atoms with E-state index in [0.29, 0.717) is 13.0 Å². The van der Waals surface area contributed by atoms with E-state index in [4.69, 9.17) is 24.8 Å². The Hall–Kier alpha value is -1.29. The van der Waals surface area contributed by atoms with Crippen molar-refractivity contribution >= 4 is 19.8 Å². The molecule has 0 fully saturated rings. The van der Waals surface area contributed by atoms with Crippen molar-refractivity contribution < 1.29 is 42.7 Å². The number of nitrogens with two attached hydrogens (primary N) is 1. The van der Waals surface area contributed by atoms with Crippen molar-refractivity contribution in [2.45, 2.75) is 154 Å². The zero-order chi connectivity index (χ0) is 32.0. The van der Waals surface area contributed by atoms with E-state index < -0.39 is 45.1 Å². The van der Waals surface area contributed by atoms with Gasteiger partial charge in [0.15, 0.2) is 0 Å². The van der Waals surface area contributed by atoms with Gasteiger partial charge in [-0.2, -0.15) is 0 Å². The Morgan fingerprint density at radius 2 is 1.21 bits per heavy atom. The van der Waals surface area contributed by atoms with Gasteiger partial charge < -0.3 is 25.2 Å². The number of rotatable bonds is 32. The van der Waals surface area contributed by atoms with Gasteiger partial charge in [-0.3, -0.25) is 18.6 Å². The number of carbonyl (C=O) groups is 2. The molecule has 254 valence electrons. The van der Waals surface area contributed by atoms with Gasteiger partial charge in [0, 0.05) is 13.0 Å². The number of aliphatic carboxylic acids is 1. The summed E-state index contributed by atoms with van der Waals surface area (Å²) >= 11 is 0. The van der Waals surface area contributed by atoms with E-state index in [0.717, 1.165) is 57.8 Å². The lowest BCUT2D eigenvalue weighted by Gasteiger charge is -2.20. The van der Waals surface area contributed by atoms with Crippen LogP contribution in [0.4, 0.5) is 0 Å². The Bertz CT molecular complexity index is 750. The highest BCUT2D eigenvalue weighted by Gasteiger charge is 2.27. The summed E-state index contributed by atoms with van der Waals surface area (Å²) in [4.78, 5) is 33.2. The molecular formula is C32H62NO9P.